The van der Waals surface area contributed by atoms with E-state index in [0.717, 1.165) is 23.6 Å². The third-order valence-electron chi connectivity index (χ3n) is 8.19. The minimum atomic E-state index is -0.237. The number of hydrogen-bond donors (Lipinski definition) is 2. The third-order valence-corrected chi connectivity index (χ3v) is 8.96. The normalized spacial score (nSPS) is 24.3. The Morgan fingerprint density at radius 3 is 2.51 bits per heavy atom. The van der Waals surface area contributed by atoms with Crippen LogP contribution in [0.2, 0.25) is 0 Å². The van der Waals surface area contributed by atoms with Gasteiger partial charge in [-0.1, -0.05) is 20.8 Å². The molecule has 8 heteroatoms. The van der Waals surface area contributed by atoms with Crippen molar-refractivity contribution in [2.75, 3.05) is 5.32 Å². The highest BCUT2D eigenvalue weighted by atomic mass is 79.9. The number of amides is 1. The molecule has 3 aromatic rings. The summed E-state index contributed by atoms with van der Waals surface area (Å²) in [6, 6.07) is 10.9. The van der Waals surface area contributed by atoms with Crippen LogP contribution in [-0.4, -0.2) is 26.7 Å². The molecule has 1 unspecified atom stereocenters. The maximum atomic E-state index is 13.1. The molecule has 3 aliphatic rings. The van der Waals surface area contributed by atoms with Crippen LogP contribution in [0.4, 0.5) is 5.69 Å². The fourth-order valence-electron chi connectivity index (χ4n) is 5.80. The molecule has 1 aromatic carbocycles. The van der Waals surface area contributed by atoms with Gasteiger partial charge in [0, 0.05) is 30.5 Å². The number of anilines is 1. The quantitative estimate of drug-likeness (QED) is 0.473. The molecule has 35 heavy (non-hydrogen) atoms. The monoisotopic (exact) mass is 535 g/mol. The minimum Gasteiger partial charge on any atom is -0.380 e. The maximum Gasteiger partial charge on any atom is 0.287 e. The Balaban J connectivity index is 1.27. The van der Waals surface area contributed by atoms with Crippen molar-refractivity contribution < 1.29 is 4.79 Å². The molecule has 2 bridgehead atoms. The number of carbonyl (C=O) groups excluding carboxylic acids is 1. The average molecular weight is 536 g/mol. The number of nitrogens with zero attached hydrogens (tertiary/aromatic N) is 3. The fraction of sp³-hybridized carbons (Fsp3) is 0.407. The Bertz CT molecular complexity index is 1290. The molecule has 2 heterocycles. The number of fused-ring (bicyclic) bond motifs is 2. The second-order valence-corrected chi connectivity index (χ2v) is 11.2. The summed E-state index contributed by atoms with van der Waals surface area (Å²) in [6.07, 6.45) is 7.52. The summed E-state index contributed by atoms with van der Waals surface area (Å²) in [5.41, 5.74) is 3.00. The highest BCUT2D eigenvalue weighted by Gasteiger charge is 2.56. The lowest BCUT2D eigenvalue weighted by molar-refractivity contribution is -0.105. The van der Waals surface area contributed by atoms with Crippen LogP contribution in [0.1, 0.15) is 49.5 Å². The van der Waals surface area contributed by atoms with E-state index in [2.05, 4.69) is 57.4 Å². The van der Waals surface area contributed by atoms with Gasteiger partial charge in [0.25, 0.3) is 11.5 Å². The van der Waals surface area contributed by atoms with E-state index in [1.54, 1.807) is 42.9 Å². The van der Waals surface area contributed by atoms with Crippen molar-refractivity contribution in [3.05, 3.63) is 80.9 Å². The van der Waals surface area contributed by atoms with Crippen LogP contribution in [0.3, 0.4) is 0 Å². The van der Waals surface area contributed by atoms with Crippen LogP contribution in [0.25, 0.3) is 5.69 Å². The van der Waals surface area contributed by atoms with Crippen molar-refractivity contribution in [2.45, 2.75) is 46.2 Å². The first-order valence-electron chi connectivity index (χ1n) is 12.1. The SMILES string of the molecule is C[C@@H]1C2C[C@@H](C[C@H]1Nc1cnn(-c3ccc(C(=O)NCc4ccncc4)cc3)c(=O)c1Br)C2(C)C. The van der Waals surface area contributed by atoms with E-state index in [1.807, 2.05) is 12.1 Å². The molecular weight excluding hydrogens is 506 g/mol. The van der Waals surface area contributed by atoms with E-state index < -0.39 is 0 Å². The molecule has 1 amide bonds. The van der Waals surface area contributed by atoms with Crippen LogP contribution in [0, 0.1) is 23.2 Å². The van der Waals surface area contributed by atoms with E-state index in [4.69, 9.17) is 0 Å². The van der Waals surface area contributed by atoms with Crippen LogP contribution < -0.4 is 16.2 Å². The summed E-state index contributed by atoms with van der Waals surface area (Å²) in [4.78, 5) is 29.6. The van der Waals surface area contributed by atoms with Crippen molar-refractivity contribution in [1.82, 2.24) is 20.1 Å². The Kier molecular flexibility index (Phi) is 6.25. The van der Waals surface area contributed by atoms with Crippen molar-refractivity contribution in [3.8, 4) is 5.69 Å². The van der Waals surface area contributed by atoms with Gasteiger partial charge in [0.05, 0.1) is 17.6 Å². The van der Waals surface area contributed by atoms with Gasteiger partial charge in [-0.3, -0.25) is 14.6 Å². The number of hydrogen-bond acceptors (Lipinski definition) is 5. The Labute approximate surface area is 213 Å². The highest BCUT2D eigenvalue weighted by Crippen LogP contribution is 2.61. The van der Waals surface area contributed by atoms with Crippen LogP contribution in [0.15, 0.2) is 64.3 Å². The van der Waals surface area contributed by atoms with Gasteiger partial charge in [-0.05, 0) is 93.9 Å². The number of benzene rings is 1. The number of carbonyl (C=O) groups is 1. The molecule has 0 aliphatic heterocycles. The molecule has 3 fully saturated rings. The summed E-state index contributed by atoms with van der Waals surface area (Å²) >= 11 is 3.50. The summed E-state index contributed by atoms with van der Waals surface area (Å²) in [6.45, 7) is 7.50. The van der Waals surface area contributed by atoms with Crippen molar-refractivity contribution in [2.24, 2.45) is 23.2 Å². The van der Waals surface area contributed by atoms with Gasteiger partial charge in [0.15, 0.2) is 0 Å². The molecule has 3 saturated carbocycles. The lowest BCUT2D eigenvalue weighted by Gasteiger charge is -2.62. The van der Waals surface area contributed by atoms with E-state index in [1.165, 1.54) is 11.1 Å². The van der Waals surface area contributed by atoms with Crippen LogP contribution in [0.5, 0.6) is 0 Å². The lowest BCUT2D eigenvalue weighted by atomic mass is 9.45. The molecule has 2 aromatic heterocycles. The van der Waals surface area contributed by atoms with E-state index in [-0.39, 0.29) is 11.5 Å². The van der Waals surface area contributed by atoms with Crippen LogP contribution >= 0.6 is 15.9 Å². The van der Waals surface area contributed by atoms with E-state index in [9.17, 15) is 9.59 Å². The highest BCUT2D eigenvalue weighted by molar-refractivity contribution is 9.10. The molecule has 4 atom stereocenters. The zero-order chi connectivity index (χ0) is 24.7. The standard InChI is InChI=1S/C27H30BrN5O2/c1-16-21-12-19(27(21,2)3)13-22(16)32-23-15-31-33(26(35)24(23)28)20-6-4-18(5-7-20)25(34)30-14-17-8-10-29-11-9-17/h4-11,15-16,19,21-22,32H,12-14H2,1-3H3,(H,30,34)/t16-,19+,21?,22-/m1/s1. The van der Waals surface area contributed by atoms with Crippen molar-refractivity contribution >= 4 is 27.5 Å². The van der Waals surface area contributed by atoms with Gasteiger partial charge in [-0.15, -0.1) is 0 Å². The summed E-state index contributed by atoms with van der Waals surface area (Å²) in [5, 5.41) is 10.9. The maximum absolute atomic E-state index is 13.1. The first-order valence-corrected chi connectivity index (χ1v) is 12.9. The van der Waals surface area contributed by atoms with Crippen molar-refractivity contribution in [3.63, 3.8) is 0 Å². The molecule has 0 radical (unpaired) electrons. The number of pyridine rings is 1. The number of aromatic nitrogens is 3. The predicted octanol–water partition coefficient (Wildman–Crippen LogP) is 4.80. The summed E-state index contributed by atoms with van der Waals surface area (Å²) < 4.78 is 1.82. The topological polar surface area (TPSA) is 88.9 Å². The molecule has 182 valence electrons. The molecule has 0 spiro atoms. The molecular formula is C27H30BrN5O2. The van der Waals surface area contributed by atoms with Gasteiger partial charge in [0.1, 0.15) is 4.47 Å². The smallest absolute Gasteiger partial charge is 0.287 e. The zero-order valence-electron chi connectivity index (χ0n) is 20.2. The molecule has 7 nitrogen and oxygen atoms in total. The van der Waals surface area contributed by atoms with Crippen molar-refractivity contribution in [1.29, 1.82) is 0 Å². The molecule has 3 aliphatic carbocycles. The lowest BCUT2D eigenvalue weighted by Crippen LogP contribution is -2.58. The Hall–Kier alpha value is -3.00. The van der Waals surface area contributed by atoms with Gasteiger partial charge in [-0.25, -0.2) is 0 Å². The number of nitrogens with one attached hydrogen (secondary N) is 2. The Morgan fingerprint density at radius 2 is 1.86 bits per heavy atom. The van der Waals surface area contributed by atoms with Gasteiger partial charge >= 0.3 is 0 Å². The average Bonchev–Trinajstić information content (AvgIpc) is 2.87. The Morgan fingerprint density at radius 1 is 1.14 bits per heavy atom. The number of rotatable bonds is 6. The van der Waals surface area contributed by atoms with Gasteiger partial charge < -0.3 is 10.6 Å². The van der Waals surface area contributed by atoms with Gasteiger partial charge in [-0.2, -0.15) is 9.78 Å². The largest absolute Gasteiger partial charge is 0.380 e. The minimum absolute atomic E-state index is 0.183. The molecule has 6 rings (SSSR count). The fourth-order valence-corrected chi connectivity index (χ4v) is 6.18. The predicted molar refractivity (Wildman–Crippen MR) is 140 cm³/mol. The van der Waals surface area contributed by atoms with Gasteiger partial charge in [0.2, 0.25) is 0 Å². The molecule has 2 N–H and O–H groups in total. The zero-order valence-corrected chi connectivity index (χ0v) is 21.7. The second kappa shape index (κ2) is 9.22. The van der Waals surface area contributed by atoms with E-state index >= 15 is 0 Å². The van der Waals surface area contributed by atoms with Crippen LogP contribution in [-0.2, 0) is 6.54 Å². The summed E-state index contributed by atoms with van der Waals surface area (Å²) in [5.74, 6) is 1.80. The first-order chi connectivity index (χ1) is 16.8. The molecule has 0 saturated heterocycles. The second-order valence-electron chi connectivity index (χ2n) is 10.4. The number of halogens is 1. The summed E-state index contributed by atoms with van der Waals surface area (Å²) in [7, 11) is 0. The third kappa shape index (κ3) is 4.40. The first kappa shape index (κ1) is 23.7. The van der Waals surface area contributed by atoms with E-state index in [0.29, 0.717) is 45.6 Å².